The molecule has 1 aromatic carbocycles. The number of allylic oxidation sites excluding steroid dienone is 1. The van der Waals surface area contributed by atoms with E-state index in [0.29, 0.717) is 6.04 Å². The van der Waals surface area contributed by atoms with Gasteiger partial charge in [0.05, 0.1) is 0 Å². The number of rotatable bonds is 6. The van der Waals surface area contributed by atoms with Gasteiger partial charge in [0.15, 0.2) is 0 Å². The molecule has 0 bridgehead atoms. The number of nitrogens with zero attached hydrogens (tertiary/aromatic N) is 1. The third-order valence-electron chi connectivity index (χ3n) is 4.03. The first-order valence-electron chi connectivity index (χ1n) is 7.10. The van der Waals surface area contributed by atoms with Gasteiger partial charge in [-0.3, -0.25) is 0 Å². The van der Waals surface area contributed by atoms with Gasteiger partial charge in [-0.2, -0.15) is 0 Å². The van der Waals surface area contributed by atoms with Crippen LogP contribution in [-0.2, 0) is 6.54 Å². The number of hydrogen-bond donors (Lipinski definition) is 1. The zero-order valence-corrected chi connectivity index (χ0v) is 12.6. The van der Waals surface area contributed by atoms with Gasteiger partial charge in [0, 0.05) is 36.6 Å². The molecule has 20 heavy (non-hydrogen) atoms. The van der Waals surface area contributed by atoms with Crippen LogP contribution in [0.4, 0.5) is 0 Å². The molecule has 106 valence electrons. The van der Waals surface area contributed by atoms with Crippen LogP contribution in [0.3, 0.4) is 0 Å². The van der Waals surface area contributed by atoms with Crippen LogP contribution in [0.5, 0.6) is 0 Å². The quantitative estimate of drug-likeness (QED) is 0.788. The predicted octanol–water partition coefficient (Wildman–Crippen LogP) is 3.85. The average molecular weight is 268 g/mol. The molecule has 0 spiro atoms. The second-order valence-electron chi connectivity index (χ2n) is 5.43. The fourth-order valence-electron chi connectivity index (χ4n) is 2.73. The van der Waals surface area contributed by atoms with E-state index in [-0.39, 0.29) is 0 Å². The van der Waals surface area contributed by atoms with E-state index in [4.69, 9.17) is 0 Å². The van der Waals surface area contributed by atoms with E-state index in [0.717, 1.165) is 30.8 Å². The molecule has 2 heteroatoms. The lowest BCUT2D eigenvalue weighted by Gasteiger charge is -2.28. The van der Waals surface area contributed by atoms with Gasteiger partial charge < -0.3 is 10.2 Å². The molecule has 1 aliphatic rings. The summed E-state index contributed by atoms with van der Waals surface area (Å²) in [5.41, 5.74) is 6.12. The van der Waals surface area contributed by atoms with Crippen molar-refractivity contribution in [2.75, 3.05) is 7.05 Å². The maximum atomic E-state index is 4.26. The summed E-state index contributed by atoms with van der Waals surface area (Å²) in [5, 5.41) is 3.10. The number of benzene rings is 1. The second-order valence-corrected chi connectivity index (χ2v) is 5.43. The molecule has 0 aliphatic carbocycles. The molecule has 2 rings (SSSR count). The third-order valence-corrected chi connectivity index (χ3v) is 4.03. The minimum absolute atomic E-state index is 0.306. The number of aryl methyl sites for hydroxylation is 1. The average Bonchev–Trinajstić information content (AvgIpc) is 2.76. The summed E-state index contributed by atoms with van der Waals surface area (Å²) in [6.45, 7) is 15.3. The van der Waals surface area contributed by atoms with E-state index in [1.54, 1.807) is 0 Å². The van der Waals surface area contributed by atoms with Gasteiger partial charge in [-0.1, -0.05) is 43.0 Å². The molecule has 1 unspecified atom stereocenters. The maximum absolute atomic E-state index is 4.26. The van der Waals surface area contributed by atoms with Crippen molar-refractivity contribution < 1.29 is 0 Å². The minimum Gasteiger partial charge on any atom is -0.392 e. The molecule has 1 aromatic rings. The highest BCUT2D eigenvalue weighted by Gasteiger charge is 2.26. The molecule has 1 aliphatic heterocycles. The molecule has 0 fully saturated rings. The number of nitrogens with one attached hydrogen (secondary N) is 1. The monoisotopic (exact) mass is 268 g/mol. The minimum atomic E-state index is 0.306. The van der Waals surface area contributed by atoms with Crippen LogP contribution in [-0.4, -0.2) is 18.0 Å². The van der Waals surface area contributed by atoms with Gasteiger partial charge in [-0.15, -0.1) is 6.58 Å². The SMILES string of the molecule is C=CC(CCC(=C)NC)N1Cc2cc(C)ccc2C1=C. The molecule has 0 saturated carbocycles. The van der Waals surface area contributed by atoms with Crippen molar-refractivity contribution in [3.63, 3.8) is 0 Å². The first kappa shape index (κ1) is 14.4. The zero-order valence-electron chi connectivity index (χ0n) is 12.6. The first-order chi connectivity index (χ1) is 9.56. The molecule has 1 heterocycles. The van der Waals surface area contributed by atoms with Crippen molar-refractivity contribution in [1.29, 1.82) is 0 Å². The van der Waals surface area contributed by atoms with E-state index in [9.17, 15) is 0 Å². The van der Waals surface area contributed by atoms with Crippen LogP contribution in [0, 0.1) is 6.92 Å². The summed E-state index contributed by atoms with van der Waals surface area (Å²) < 4.78 is 0. The third kappa shape index (κ3) is 2.79. The standard InChI is InChI=1S/C18H24N2/c1-6-17(9-8-14(3)19-5)20-12-16-11-13(2)7-10-18(16)15(20)4/h6-7,10-11,17,19H,1,3-4,8-9,12H2,2,5H3. The lowest BCUT2D eigenvalue weighted by molar-refractivity contribution is 0.331. The Morgan fingerprint density at radius 1 is 1.50 bits per heavy atom. The van der Waals surface area contributed by atoms with Gasteiger partial charge >= 0.3 is 0 Å². The van der Waals surface area contributed by atoms with E-state index in [1.165, 1.54) is 16.7 Å². The van der Waals surface area contributed by atoms with Crippen molar-refractivity contribution in [3.8, 4) is 0 Å². The van der Waals surface area contributed by atoms with Crippen LogP contribution in [0.1, 0.15) is 29.5 Å². The van der Waals surface area contributed by atoms with Gasteiger partial charge in [0.1, 0.15) is 0 Å². The van der Waals surface area contributed by atoms with Gasteiger partial charge in [0.25, 0.3) is 0 Å². The molecular weight excluding hydrogens is 244 g/mol. The normalized spacial score (nSPS) is 14.9. The smallest absolute Gasteiger partial charge is 0.0477 e. The Kier molecular flexibility index (Phi) is 4.33. The maximum Gasteiger partial charge on any atom is 0.0477 e. The lowest BCUT2D eigenvalue weighted by atomic mass is 10.1. The van der Waals surface area contributed by atoms with Gasteiger partial charge in [-0.05, 0) is 25.3 Å². The lowest BCUT2D eigenvalue weighted by Crippen LogP contribution is -2.28. The van der Waals surface area contributed by atoms with E-state index >= 15 is 0 Å². The van der Waals surface area contributed by atoms with Crippen LogP contribution < -0.4 is 5.32 Å². The Labute approximate surface area is 122 Å². The summed E-state index contributed by atoms with van der Waals surface area (Å²) in [5.74, 6) is 0. The molecule has 1 atom stereocenters. The topological polar surface area (TPSA) is 15.3 Å². The molecule has 2 nitrogen and oxygen atoms in total. The van der Waals surface area contributed by atoms with Crippen molar-refractivity contribution in [3.05, 3.63) is 66.4 Å². The van der Waals surface area contributed by atoms with Crippen molar-refractivity contribution >= 4 is 5.70 Å². The Bertz CT molecular complexity index is 542. The summed E-state index contributed by atoms with van der Waals surface area (Å²) in [6.07, 6.45) is 3.98. The Morgan fingerprint density at radius 3 is 2.90 bits per heavy atom. The van der Waals surface area contributed by atoms with Crippen LogP contribution in [0.2, 0.25) is 0 Å². The fourth-order valence-corrected chi connectivity index (χ4v) is 2.73. The summed E-state index contributed by atoms with van der Waals surface area (Å²) >= 11 is 0. The molecule has 0 amide bonds. The largest absolute Gasteiger partial charge is 0.392 e. The first-order valence-corrected chi connectivity index (χ1v) is 7.10. The van der Waals surface area contributed by atoms with Crippen LogP contribution in [0.15, 0.2) is 49.7 Å². The Hall–Kier alpha value is -1.96. The summed E-state index contributed by atoms with van der Waals surface area (Å²) in [4.78, 5) is 2.35. The molecule has 1 N–H and O–H groups in total. The second kappa shape index (κ2) is 6.00. The Balaban J connectivity index is 2.12. The molecule has 0 radical (unpaired) electrons. The molecule has 0 aromatic heterocycles. The molecular formula is C18H24N2. The van der Waals surface area contributed by atoms with Crippen LogP contribution >= 0.6 is 0 Å². The number of hydrogen-bond acceptors (Lipinski definition) is 2. The van der Waals surface area contributed by atoms with E-state index in [2.05, 4.69) is 55.1 Å². The summed E-state index contributed by atoms with van der Waals surface area (Å²) in [7, 11) is 1.92. The van der Waals surface area contributed by atoms with E-state index < -0.39 is 0 Å². The molecule has 0 saturated heterocycles. The van der Waals surface area contributed by atoms with Crippen molar-refractivity contribution in [2.45, 2.75) is 32.4 Å². The van der Waals surface area contributed by atoms with Crippen LogP contribution in [0.25, 0.3) is 5.70 Å². The van der Waals surface area contributed by atoms with E-state index in [1.807, 2.05) is 13.1 Å². The van der Waals surface area contributed by atoms with Gasteiger partial charge in [-0.25, -0.2) is 0 Å². The predicted molar refractivity (Wildman–Crippen MR) is 87.2 cm³/mol. The van der Waals surface area contributed by atoms with Gasteiger partial charge in [0.2, 0.25) is 0 Å². The summed E-state index contributed by atoms with van der Waals surface area (Å²) in [6, 6.07) is 6.90. The highest BCUT2D eigenvalue weighted by molar-refractivity contribution is 5.69. The fraction of sp³-hybridized carbons (Fsp3) is 0.333. The highest BCUT2D eigenvalue weighted by Crippen LogP contribution is 2.35. The zero-order chi connectivity index (χ0) is 14.7. The number of fused-ring (bicyclic) bond motifs is 1. The highest BCUT2D eigenvalue weighted by atomic mass is 15.2. The van der Waals surface area contributed by atoms with Crippen molar-refractivity contribution in [2.24, 2.45) is 0 Å². The Morgan fingerprint density at radius 2 is 2.25 bits per heavy atom. The van der Waals surface area contributed by atoms with Crippen molar-refractivity contribution in [1.82, 2.24) is 10.2 Å².